The van der Waals surface area contributed by atoms with Crippen LogP contribution in [0.1, 0.15) is 36.8 Å². The third-order valence-electron chi connectivity index (χ3n) is 3.28. The number of guanidine groups is 1. The van der Waals surface area contributed by atoms with Crippen molar-refractivity contribution in [1.82, 2.24) is 15.8 Å². The second-order valence-corrected chi connectivity index (χ2v) is 4.88. The molecule has 0 aromatic carbocycles. The minimum Gasteiger partial charge on any atom is -0.382 e. The van der Waals surface area contributed by atoms with Gasteiger partial charge in [0.2, 0.25) is 0 Å². The summed E-state index contributed by atoms with van der Waals surface area (Å²) in [7, 11) is 1.78. The first-order valence-electron chi connectivity index (χ1n) is 7.63. The van der Waals surface area contributed by atoms with Crippen molar-refractivity contribution in [3.8, 4) is 0 Å². The van der Waals surface area contributed by atoms with E-state index in [4.69, 9.17) is 9.26 Å². The van der Waals surface area contributed by atoms with Crippen LogP contribution in [0.2, 0.25) is 0 Å². The first-order valence-corrected chi connectivity index (χ1v) is 7.63. The topological polar surface area (TPSA) is 71.7 Å². The fourth-order valence-electron chi connectivity index (χ4n) is 2.07. The smallest absolute Gasteiger partial charge is 0.190 e. The van der Waals surface area contributed by atoms with E-state index in [1.54, 1.807) is 7.05 Å². The van der Waals surface area contributed by atoms with Gasteiger partial charge in [0, 0.05) is 38.9 Å². The van der Waals surface area contributed by atoms with E-state index < -0.39 is 0 Å². The van der Waals surface area contributed by atoms with Crippen LogP contribution < -0.4 is 10.6 Å². The van der Waals surface area contributed by atoms with Crippen LogP contribution in [-0.2, 0) is 11.2 Å². The highest BCUT2D eigenvalue weighted by molar-refractivity contribution is 5.79. The van der Waals surface area contributed by atoms with Crippen LogP contribution in [0, 0.1) is 13.8 Å². The Kier molecular flexibility index (Phi) is 8.50. The van der Waals surface area contributed by atoms with Crippen molar-refractivity contribution in [2.24, 2.45) is 4.99 Å². The molecule has 1 aromatic rings. The van der Waals surface area contributed by atoms with E-state index in [0.717, 1.165) is 63.0 Å². The van der Waals surface area contributed by atoms with Gasteiger partial charge in [-0.15, -0.1) is 0 Å². The zero-order valence-electron chi connectivity index (χ0n) is 13.7. The summed E-state index contributed by atoms with van der Waals surface area (Å²) in [6, 6.07) is 0. The van der Waals surface area contributed by atoms with E-state index in [1.807, 2.05) is 20.8 Å². The molecule has 2 N–H and O–H groups in total. The Morgan fingerprint density at radius 3 is 2.62 bits per heavy atom. The Morgan fingerprint density at radius 1 is 1.24 bits per heavy atom. The lowest BCUT2D eigenvalue weighted by atomic mass is 10.1. The maximum Gasteiger partial charge on any atom is 0.190 e. The van der Waals surface area contributed by atoms with Gasteiger partial charge in [-0.3, -0.25) is 4.99 Å². The van der Waals surface area contributed by atoms with Crippen molar-refractivity contribution >= 4 is 5.96 Å². The molecule has 21 heavy (non-hydrogen) atoms. The van der Waals surface area contributed by atoms with E-state index in [2.05, 4.69) is 20.8 Å². The first kappa shape index (κ1) is 17.5. The predicted octanol–water partition coefficient (Wildman–Crippen LogP) is 1.82. The fraction of sp³-hybridized carbons (Fsp3) is 0.733. The number of rotatable bonds is 9. The number of hydrogen-bond donors (Lipinski definition) is 2. The first-order chi connectivity index (χ1) is 10.2. The molecular formula is C15H28N4O2. The molecule has 0 saturated heterocycles. The highest BCUT2D eigenvalue weighted by atomic mass is 16.5. The Hall–Kier alpha value is -1.56. The van der Waals surface area contributed by atoms with Gasteiger partial charge >= 0.3 is 0 Å². The van der Waals surface area contributed by atoms with Crippen LogP contribution in [0.4, 0.5) is 0 Å². The van der Waals surface area contributed by atoms with Crippen LogP contribution in [-0.4, -0.2) is 44.5 Å². The number of nitrogens with zero attached hydrogens (tertiary/aromatic N) is 2. The molecule has 0 spiro atoms. The molecular weight excluding hydrogens is 268 g/mol. The van der Waals surface area contributed by atoms with Gasteiger partial charge in [0.1, 0.15) is 5.76 Å². The maximum atomic E-state index is 5.31. The number of aliphatic imine (C=N–C) groups is 1. The summed E-state index contributed by atoms with van der Waals surface area (Å²) in [5.41, 5.74) is 2.14. The van der Waals surface area contributed by atoms with E-state index in [-0.39, 0.29) is 0 Å². The van der Waals surface area contributed by atoms with Gasteiger partial charge in [0.15, 0.2) is 5.96 Å². The summed E-state index contributed by atoms with van der Waals surface area (Å²) in [5, 5.41) is 10.6. The number of unbranched alkanes of at least 4 members (excludes halogenated alkanes) is 1. The molecule has 0 bridgehead atoms. The van der Waals surface area contributed by atoms with Crippen molar-refractivity contribution < 1.29 is 9.26 Å². The Balaban J connectivity index is 2.17. The Morgan fingerprint density at radius 2 is 2.00 bits per heavy atom. The summed E-state index contributed by atoms with van der Waals surface area (Å²) >= 11 is 0. The van der Waals surface area contributed by atoms with Crippen LogP contribution in [0.3, 0.4) is 0 Å². The molecule has 0 aliphatic carbocycles. The van der Waals surface area contributed by atoms with Crippen LogP contribution in [0.5, 0.6) is 0 Å². The molecule has 0 unspecified atom stereocenters. The lowest BCUT2D eigenvalue weighted by Crippen LogP contribution is -2.38. The second-order valence-electron chi connectivity index (χ2n) is 4.88. The molecule has 0 radical (unpaired) electrons. The zero-order valence-corrected chi connectivity index (χ0v) is 13.7. The van der Waals surface area contributed by atoms with Gasteiger partial charge in [-0.1, -0.05) is 5.16 Å². The van der Waals surface area contributed by atoms with Gasteiger partial charge < -0.3 is 19.9 Å². The Labute approximate surface area is 127 Å². The summed E-state index contributed by atoms with van der Waals surface area (Å²) in [5.74, 6) is 1.73. The average Bonchev–Trinajstić information content (AvgIpc) is 2.80. The number of ether oxygens (including phenoxy) is 1. The van der Waals surface area contributed by atoms with E-state index in [0.29, 0.717) is 0 Å². The van der Waals surface area contributed by atoms with Crippen molar-refractivity contribution in [1.29, 1.82) is 0 Å². The second kappa shape index (κ2) is 10.2. The summed E-state index contributed by atoms with van der Waals surface area (Å²) < 4.78 is 10.5. The minimum atomic E-state index is 0.790. The van der Waals surface area contributed by atoms with Crippen LogP contribution in [0.25, 0.3) is 0 Å². The highest BCUT2D eigenvalue weighted by Crippen LogP contribution is 2.11. The molecule has 6 nitrogen and oxygen atoms in total. The monoisotopic (exact) mass is 296 g/mol. The standard InChI is InChI=1S/C15H28N4O2/c1-5-20-11-7-6-9-17-15(16-4)18-10-8-14-12(2)19-21-13(14)3/h5-11H2,1-4H3,(H2,16,17,18). The number of hydrogen-bond acceptors (Lipinski definition) is 4. The molecule has 120 valence electrons. The zero-order chi connectivity index (χ0) is 15.5. The van der Waals surface area contributed by atoms with E-state index >= 15 is 0 Å². The lowest BCUT2D eigenvalue weighted by Gasteiger charge is -2.11. The third-order valence-corrected chi connectivity index (χ3v) is 3.28. The highest BCUT2D eigenvalue weighted by Gasteiger charge is 2.08. The quantitative estimate of drug-likeness (QED) is 0.413. The predicted molar refractivity (Wildman–Crippen MR) is 84.8 cm³/mol. The summed E-state index contributed by atoms with van der Waals surface area (Å²) in [6.07, 6.45) is 3.02. The van der Waals surface area contributed by atoms with Gasteiger partial charge in [-0.25, -0.2) is 0 Å². The van der Waals surface area contributed by atoms with Crippen LogP contribution >= 0.6 is 0 Å². The number of nitrogens with one attached hydrogen (secondary N) is 2. The van der Waals surface area contributed by atoms with Crippen molar-refractivity contribution in [3.63, 3.8) is 0 Å². The van der Waals surface area contributed by atoms with E-state index in [9.17, 15) is 0 Å². The molecule has 1 aromatic heterocycles. The largest absolute Gasteiger partial charge is 0.382 e. The van der Waals surface area contributed by atoms with E-state index in [1.165, 1.54) is 5.56 Å². The molecule has 0 saturated carbocycles. The van der Waals surface area contributed by atoms with Crippen molar-refractivity contribution in [2.45, 2.75) is 40.0 Å². The lowest BCUT2D eigenvalue weighted by molar-refractivity contribution is 0.143. The molecule has 0 amide bonds. The molecule has 0 fully saturated rings. The van der Waals surface area contributed by atoms with Crippen LogP contribution in [0.15, 0.2) is 9.52 Å². The SMILES string of the molecule is CCOCCCCNC(=NC)NCCc1c(C)noc1C. The Bertz CT molecular complexity index is 410. The summed E-state index contributed by atoms with van der Waals surface area (Å²) in [4.78, 5) is 4.21. The third kappa shape index (κ3) is 6.62. The van der Waals surface area contributed by atoms with Gasteiger partial charge in [-0.2, -0.15) is 0 Å². The van der Waals surface area contributed by atoms with Gasteiger partial charge in [0.25, 0.3) is 0 Å². The number of aromatic nitrogens is 1. The van der Waals surface area contributed by atoms with Crippen molar-refractivity contribution in [2.75, 3.05) is 33.4 Å². The maximum absolute atomic E-state index is 5.31. The molecule has 0 aliphatic rings. The molecule has 1 rings (SSSR count). The number of aryl methyl sites for hydroxylation is 2. The average molecular weight is 296 g/mol. The molecule has 0 aliphatic heterocycles. The van der Waals surface area contributed by atoms with Gasteiger partial charge in [-0.05, 0) is 40.0 Å². The van der Waals surface area contributed by atoms with Crippen molar-refractivity contribution in [3.05, 3.63) is 17.0 Å². The molecule has 1 heterocycles. The molecule has 6 heteroatoms. The van der Waals surface area contributed by atoms with Gasteiger partial charge in [0.05, 0.1) is 5.69 Å². The fourth-order valence-corrected chi connectivity index (χ4v) is 2.07. The normalized spacial score (nSPS) is 11.7. The summed E-state index contributed by atoms with van der Waals surface area (Å²) in [6.45, 7) is 9.26. The molecule has 0 atom stereocenters. The minimum absolute atomic E-state index is 0.790.